The largest absolute Gasteiger partial charge is 0.377 e. The minimum absolute atomic E-state index is 0.411. The van der Waals surface area contributed by atoms with Gasteiger partial charge in [-0.1, -0.05) is 0 Å². The van der Waals surface area contributed by atoms with Crippen molar-refractivity contribution in [2.24, 2.45) is 5.92 Å². The molecule has 14 heavy (non-hydrogen) atoms. The van der Waals surface area contributed by atoms with Gasteiger partial charge in [-0.3, -0.25) is 0 Å². The first kappa shape index (κ1) is 10.4. The molecule has 0 aromatic carbocycles. The predicted molar refractivity (Wildman–Crippen MR) is 57.4 cm³/mol. The number of nitrogens with one attached hydrogen (secondary N) is 1. The minimum Gasteiger partial charge on any atom is -0.377 e. The van der Waals surface area contributed by atoms with Crippen LogP contribution in [0.15, 0.2) is 0 Å². The SMILES string of the molecule is CC1OCCC1NCC1CCN(C)C1. The second-order valence-electron chi connectivity index (χ2n) is 4.80. The molecule has 2 aliphatic heterocycles. The fourth-order valence-electron chi connectivity index (χ4n) is 2.51. The Morgan fingerprint density at radius 3 is 2.86 bits per heavy atom. The molecule has 3 atom stereocenters. The lowest BCUT2D eigenvalue weighted by molar-refractivity contribution is 0.112. The molecule has 0 aromatic rings. The lowest BCUT2D eigenvalue weighted by atomic mass is 10.1. The zero-order chi connectivity index (χ0) is 9.97. The Morgan fingerprint density at radius 1 is 1.43 bits per heavy atom. The fraction of sp³-hybridized carbons (Fsp3) is 1.00. The summed E-state index contributed by atoms with van der Waals surface area (Å²) in [5, 5.41) is 3.64. The lowest BCUT2D eigenvalue weighted by Gasteiger charge is -2.18. The van der Waals surface area contributed by atoms with Crippen LogP contribution in [-0.4, -0.2) is 50.3 Å². The molecule has 82 valence electrons. The van der Waals surface area contributed by atoms with Crippen LogP contribution in [0.1, 0.15) is 19.8 Å². The van der Waals surface area contributed by atoms with E-state index in [1.165, 1.54) is 32.5 Å². The van der Waals surface area contributed by atoms with E-state index in [9.17, 15) is 0 Å². The van der Waals surface area contributed by atoms with E-state index in [1.54, 1.807) is 0 Å². The molecule has 2 heterocycles. The molecular formula is C11H22N2O. The van der Waals surface area contributed by atoms with Gasteiger partial charge < -0.3 is 15.0 Å². The summed E-state index contributed by atoms with van der Waals surface area (Å²) in [6, 6.07) is 0.598. The number of ether oxygens (including phenoxy) is 1. The van der Waals surface area contributed by atoms with Crippen LogP contribution in [0.2, 0.25) is 0 Å². The van der Waals surface area contributed by atoms with Gasteiger partial charge in [-0.2, -0.15) is 0 Å². The standard InChI is InChI=1S/C11H22N2O/c1-9-11(4-6-14-9)12-7-10-3-5-13(2)8-10/h9-12H,3-8H2,1-2H3. The van der Waals surface area contributed by atoms with E-state index in [0.717, 1.165) is 12.5 Å². The van der Waals surface area contributed by atoms with E-state index in [0.29, 0.717) is 12.1 Å². The summed E-state index contributed by atoms with van der Waals surface area (Å²) in [7, 11) is 2.21. The van der Waals surface area contributed by atoms with Crippen molar-refractivity contribution in [3.05, 3.63) is 0 Å². The molecule has 1 N–H and O–H groups in total. The smallest absolute Gasteiger partial charge is 0.0700 e. The molecule has 2 saturated heterocycles. The third-order valence-corrected chi connectivity index (χ3v) is 3.53. The zero-order valence-corrected chi connectivity index (χ0v) is 9.33. The number of hydrogen-bond donors (Lipinski definition) is 1. The van der Waals surface area contributed by atoms with Crippen molar-refractivity contribution in [3.63, 3.8) is 0 Å². The average Bonchev–Trinajstić information content (AvgIpc) is 2.72. The molecule has 0 bridgehead atoms. The minimum atomic E-state index is 0.411. The molecule has 3 nitrogen and oxygen atoms in total. The van der Waals surface area contributed by atoms with Crippen molar-refractivity contribution in [3.8, 4) is 0 Å². The molecule has 2 aliphatic rings. The third-order valence-electron chi connectivity index (χ3n) is 3.53. The second-order valence-corrected chi connectivity index (χ2v) is 4.80. The Balaban J connectivity index is 1.67. The average molecular weight is 198 g/mol. The quantitative estimate of drug-likeness (QED) is 0.722. The Bertz CT molecular complexity index is 186. The van der Waals surface area contributed by atoms with Gasteiger partial charge in [0.1, 0.15) is 0 Å². The number of likely N-dealkylation sites (tertiary alicyclic amines) is 1. The molecule has 2 rings (SSSR count). The fourth-order valence-corrected chi connectivity index (χ4v) is 2.51. The van der Waals surface area contributed by atoms with Crippen LogP contribution in [-0.2, 0) is 4.74 Å². The van der Waals surface area contributed by atoms with Crippen molar-refractivity contribution in [2.75, 3.05) is 33.3 Å². The summed E-state index contributed by atoms with van der Waals surface area (Å²) >= 11 is 0. The highest BCUT2D eigenvalue weighted by Gasteiger charge is 2.26. The Hall–Kier alpha value is -0.120. The maximum absolute atomic E-state index is 5.53. The van der Waals surface area contributed by atoms with Crippen molar-refractivity contribution in [1.29, 1.82) is 0 Å². The van der Waals surface area contributed by atoms with E-state index in [4.69, 9.17) is 4.74 Å². The molecule has 0 spiro atoms. The molecule has 0 amide bonds. The van der Waals surface area contributed by atoms with Crippen LogP contribution >= 0.6 is 0 Å². The monoisotopic (exact) mass is 198 g/mol. The number of nitrogens with zero attached hydrogens (tertiary/aromatic N) is 1. The second kappa shape index (κ2) is 4.60. The molecule has 0 aliphatic carbocycles. The summed E-state index contributed by atoms with van der Waals surface area (Å²) < 4.78 is 5.53. The van der Waals surface area contributed by atoms with Gasteiger partial charge in [-0.15, -0.1) is 0 Å². The third kappa shape index (κ3) is 2.47. The van der Waals surface area contributed by atoms with Gasteiger partial charge in [0, 0.05) is 19.2 Å². The zero-order valence-electron chi connectivity index (χ0n) is 9.33. The van der Waals surface area contributed by atoms with Crippen molar-refractivity contribution in [1.82, 2.24) is 10.2 Å². The van der Waals surface area contributed by atoms with E-state index in [2.05, 4.69) is 24.2 Å². The summed E-state index contributed by atoms with van der Waals surface area (Å²) in [5.41, 5.74) is 0. The Kier molecular flexibility index (Phi) is 3.42. The van der Waals surface area contributed by atoms with Crippen LogP contribution in [0.5, 0.6) is 0 Å². The van der Waals surface area contributed by atoms with Crippen molar-refractivity contribution in [2.45, 2.75) is 31.9 Å². The topological polar surface area (TPSA) is 24.5 Å². The molecule has 3 unspecified atom stereocenters. The molecule has 0 aromatic heterocycles. The van der Waals surface area contributed by atoms with Gasteiger partial charge in [0.05, 0.1) is 6.10 Å². The van der Waals surface area contributed by atoms with E-state index >= 15 is 0 Å². The van der Waals surface area contributed by atoms with Crippen LogP contribution < -0.4 is 5.32 Å². The van der Waals surface area contributed by atoms with E-state index < -0.39 is 0 Å². The van der Waals surface area contributed by atoms with Crippen LogP contribution in [0.3, 0.4) is 0 Å². The highest BCUT2D eigenvalue weighted by atomic mass is 16.5. The van der Waals surface area contributed by atoms with Crippen molar-refractivity contribution < 1.29 is 4.74 Å². The van der Waals surface area contributed by atoms with Crippen molar-refractivity contribution >= 4 is 0 Å². The highest BCUT2D eigenvalue weighted by Crippen LogP contribution is 2.16. The normalized spacial score (nSPS) is 39.4. The molecular weight excluding hydrogens is 176 g/mol. The van der Waals surface area contributed by atoms with Crippen LogP contribution in [0.25, 0.3) is 0 Å². The van der Waals surface area contributed by atoms with E-state index in [1.807, 2.05) is 0 Å². The van der Waals surface area contributed by atoms with Gasteiger partial charge in [0.15, 0.2) is 0 Å². The van der Waals surface area contributed by atoms with Crippen LogP contribution in [0, 0.1) is 5.92 Å². The van der Waals surface area contributed by atoms with Crippen LogP contribution in [0.4, 0.5) is 0 Å². The summed E-state index contributed by atoms with van der Waals surface area (Å²) in [6.07, 6.45) is 2.95. The lowest BCUT2D eigenvalue weighted by Crippen LogP contribution is -2.38. The summed E-state index contributed by atoms with van der Waals surface area (Å²) in [6.45, 7) is 6.80. The van der Waals surface area contributed by atoms with Gasteiger partial charge >= 0.3 is 0 Å². The van der Waals surface area contributed by atoms with E-state index in [-0.39, 0.29) is 0 Å². The molecule has 3 heteroatoms. The summed E-state index contributed by atoms with van der Waals surface area (Å²) in [5.74, 6) is 0.854. The maximum atomic E-state index is 5.53. The highest BCUT2D eigenvalue weighted by molar-refractivity contribution is 4.82. The Labute approximate surface area is 86.8 Å². The first-order valence-corrected chi connectivity index (χ1v) is 5.79. The number of rotatable bonds is 3. The van der Waals surface area contributed by atoms with Gasteiger partial charge in [-0.05, 0) is 45.8 Å². The predicted octanol–water partition coefficient (Wildman–Crippen LogP) is 0.705. The maximum Gasteiger partial charge on any atom is 0.0700 e. The molecule has 2 fully saturated rings. The molecule has 0 saturated carbocycles. The van der Waals surface area contributed by atoms with Gasteiger partial charge in [0.2, 0.25) is 0 Å². The number of hydrogen-bond acceptors (Lipinski definition) is 3. The first-order chi connectivity index (χ1) is 6.75. The van der Waals surface area contributed by atoms with Gasteiger partial charge in [0.25, 0.3) is 0 Å². The first-order valence-electron chi connectivity index (χ1n) is 5.79. The molecule has 0 radical (unpaired) electrons. The Morgan fingerprint density at radius 2 is 2.29 bits per heavy atom. The van der Waals surface area contributed by atoms with Gasteiger partial charge in [-0.25, -0.2) is 0 Å². The summed E-state index contributed by atoms with van der Waals surface area (Å²) in [4.78, 5) is 2.42.